The molecule has 0 bridgehead atoms. The highest BCUT2D eigenvalue weighted by atomic mass is 35.5. The fraction of sp³-hybridized carbons (Fsp3) is 0.571. The van der Waals surface area contributed by atoms with E-state index in [0.29, 0.717) is 0 Å². The number of unbranched alkanes of at least 4 members (excludes halogenated alkanes) is 1. The highest BCUT2D eigenvalue weighted by Crippen LogP contribution is 1.95. The summed E-state index contributed by atoms with van der Waals surface area (Å²) in [6.45, 7) is 1.93. The third-order valence-corrected chi connectivity index (χ3v) is 0.997. The molecular weight excluding hydrogens is 187 g/mol. The maximum absolute atomic E-state index is 9.94. The molecule has 0 atom stereocenters. The molecule has 2 nitrogen and oxygen atoms in total. The number of carboxylic acid groups (broad SMARTS) is 1. The van der Waals surface area contributed by atoms with Gasteiger partial charge in [0.1, 0.15) is 0 Å². The summed E-state index contributed by atoms with van der Waals surface area (Å²) in [7, 11) is 0. The Morgan fingerprint density at radius 2 is 2.00 bits per heavy atom. The lowest BCUT2D eigenvalue weighted by Gasteiger charge is -1.88. The van der Waals surface area contributed by atoms with Gasteiger partial charge in [-0.2, -0.15) is 0 Å². The first-order valence-electron chi connectivity index (χ1n) is 3.10. The van der Waals surface area contributed by atoms with Gasteiger partial charge in [0.25, 0.3) is 0 Å². The Morgan fingerprint density at radius 1 is 1.45 bits per heavy atom. The van der Waals surface area contributed by atoms with Crippen LogP contribution < -0.4 is 0 Å². The molecule has 0 radical (unpaired) electrons. The SMILES string of the molecule is C/C=C/CCCC(=O)O.Cl.Cl. The van der Waals surface area contributed by atoms with E-state index in [1.807, 2.05) is 19.1 Å². The van der Waals surface area contributed by atoms with E-state index in [1.54, 1.807) is 0 Å². The molecule has 0 aliphatic heterocycles. The van der Waals surface area contributed by atoms with E-state index in [9.17, 15) is 4.79 Å². The maximum atomic E-state index is 9.94. The minimum atomic E-state index is -0.709. The summed E-state index contributed by atoms with van der Waals surface area (Å²) in [5, 5.41) is 8.19. The smallest absolute Gasteiger partial charge is 0.303 e. The number of hydrogen-bond donors (Lipinski definition) is 1. The van der Waals surface area contributed by atoms with Crippen molar-refractivity contribution in [2.24, 2.45) is 0 Å². The summed E-state index contributed by atoms with van der Waals surface area (Å²) in [4.78, 5) is 9.94. The molecule has 0 fully saturated rings. The molecule has 0 aromatic heterocycles. The van der Waals surface area contributed by atoms with Gasteiger partial charge in [0.2, 0.25) is 0 Å². The Morgan fingerprint density at radius 3 is 2.36 bits per heavy atom. The zero-order valence-electron chi connectivity index (χ0n) is 6.45. The zero-order chi connectivity index (χ0) is 7.11. The zero-order valence-corrected chi connectivity index (χ0v) is 8.08. The van der Waals surface area contributed by atoms with Crippen molar-refractivity contribution in [3.05, 3.63) is 12.2 Å². The largest absolute Gasteiger partial charge is 0.481 e. The molecule has 0 heterocycles. The second-order valence-electron chi connectivity index (χ2n) is 1.86. The van der Waals surface area contributed by atoms with Crippen LogP contribution in [0.3, 0.4) is 0 Å². The Hall–Kier alpha value is -0.210. The summed E-state index contributed by atoms with van der Waals surface area (Å²) in [6, 6.07) is 0. The van der Waals surface area contributed by atoms with Gasteiger partial charge in [0.05, 0.1) is 0 Å². The molecule has 0 unspecified atom stereocenters. The molecule has 11 heavy (non-hydrogen) atoms. The molecular formula is C7H14Cl2O2. The Balaban J connectivity index is -0.000000320. The Kier molecular flexibility index (Phi) is 19.3. The van der Waals surface area contributed by atoms with Gasteiger partial charge in [-0.1, -0.05) is 12.2 Å². The van der Waals surface area contributed by atoms with Crippen LogP contribution in [0, 0.1) is 0 Å². The molecule has 0 aliphatic carbocycles. The van der Waals surface area contributed by atoms with Gasteiger partial charge in [-0.25, -0.2) is 0 Å². The third kappa shape index (κ3) is 17.7. The van der Waals surface area contributed by atoms with Gasteiger partial charge in [0.15, 0.2) is 0 Å². The first-order chi connectivity index (χ1) is 4.27. The van der Waals surface area contributed by atoms with E-state index in [-0.39, 0.29) is 31.2 Å². The van der Waals surface area contributed by atoms with Crippen molar-refractivity contribution >= 4 is 30.8 Å². The summed E-state index contributed by atoms with van der Waals surface area (Å²) < 4.78 is 0. The molecule has 0 aromatic rings. The molecule has 0 aliphatic rings. The van der Waals surface area contributed by atoms with E-state index in [1.165, 1.54) is 0 Å². The molecule has 1 N–H and O–H groups in total. The van der Waals surface area contributed by atoms with Crippen molar-refractivity contribution in [1.82, 2.24) is 0 Å². The van der Waals surface area contributed by atoms with E-state index >= 15 is 0 Å². The molecule has 0 spiro atoms. The lowest BCUT2D eigenvalue weighted by atomic mass is 10.2. The van der Waals surface area contributed by atoms with Gasteiger partial charge < -0.3 is 5.11 Å². The summed E-state index contributed by atoms with van der Waals surface area (Å²) in [5.74, 6) is -0.709. The lowest BCUT2D eigenvalue weighted by molar-refractivity contribution is -0.137. The van der Waals surface area contributed by atoms with Gasteiger partial charge in [-0.05, 0) is 19.8 Å². The van der Waals surface area contributed by atoms with Crippen molar-refractivity contribution in [1.29, 1.82) is 0 Å². The second kappa shape index (κ2) is 12.5. The summed E-state index contributed by atoms with van der Waals surface area (Å²) >= 11 is 0. The highest BCUT2D eigenvalue weighted by Gasteiger charge is 1.92. The highest BCUT2D eigenvalue weighted by molar-refractivity contribution is 5.85. The average Bonchev–Trinajstić information content (AvgIpc) is 1.80. The van der Waals surface area contributed by atoms with Crippen LogP contribution in [0.4, 0.5) is 0 Å². The van der Waals surface area contributed by atoms with Crippen molar-refractivity contribution in [2.45, 2.75) is 26.2 Å². The molecule has 4 heteroatoms. The van der Waals surface area contributed by atoms with E-state index in [0.717, 1.165) is 12.8 Å². The number of rotatable bonds is 4. The quantitative estimate of drug-likeness (QED) is 0.560. The second-order valence-corrected chi connectivity index (χ2v) is 1.86. The predicted molar refractivity (Wildman–Crippen MR) is 50.8 cm³/mol. The fourth-order valence-electron chi connectivity index (χ4n) is 0.538. The van der Waals surface area contributed by atoms with Crippen molar-refractivity contribution in [3.63, 3.8) is 0 Å². The topological polar surface area (TPSA) is 37.3 Å². The number of carbonyl (C=O) groups is 1. The molecule has 68 valence electrons. The number of allylic oxidation sites excluding steroid dienone is 2. The standard InChI is InChI=1S/C7H12O2.2ClH/c1-2-3-4-5-6-7(8)9;;/h2-3H,4-6H2,1H3,(H,8,9);2*1H/b3-2+;;. The minimum Gasteiger partial charge on any atom is -0.481 e. The van der Waals surface area contributed by atoms with Crippen molar-refractivity contribution in [2.75, 3.05) is 0 Å². The normalized spacial score (nSPS) is 8.45. The van der Waals surface area contributed by atoms with Crippen LogP contribution in [0.25, 0.3) is 0 Å². The predicted octanol–water partition coefficient (Wildman–Crippen LogP) is 2.66. The average molecular weight is 201 g/mol. The van der Waals surface area contributed by atoms with Crippen LogP contribution in [-0.4, -0.2) is 11.1 Å². The lowest BCUT2D eigenvalue weighted by Crippen LogP contribution is -1.92. The van der Waals surface area contributed by atoms with Crippen LogP contribution in [0.15, 0.2) is 12.2 Å². The van der Waals surface area contributed by atoms with Gasteiger partial charge in [0, 0.05) is 6.42 Å². The molecule has 0 saturated heterocycles. The molecule has 0 amide bonds. The maximum Gasteiger partial charge on any atom is 0.303 e. The van der Waals surface area contributed by atoms with Crippen LogP contribution >= 0.6 is 24.8 Å². The monoisotopic (exact) mass is 200 g/mol. The first kappa shape index (κ1) is 17.0. The summed E-state index contributed by atoms with van der Waals surface area (Å²) in [6.07, 6.45) is 5.82. The third-order valence-electron chi connectivity index (χ3n) is 0.997. The minimum absolute atomic E-state index is 0. The number of carboxylic acids is 1. The van der Waals surface area contributed by atoms with E-state index in [2.05, 4.69) is 0 Å². The van der Waals surface area contributed by atoms with E-state index < -0.39 is 5.97 Å². The fourth-order valence-corrected chi connectivity index (χ4v) is 0.538. The number of hydrogen-bond acceptors (Lipinski definition) is 1. The van der Waals surface area contributed by atoms with Gasteiger partial charge in [-0.15, -0.1) is 24.8 Å². The number of aliphatic carboxylic acids is 1. The molecule has 0 rings (SSSR count). The van der Waals surface area contributed by atoms with Crippen LogP contribution in [-0.2, 0) is 4.79 Å². The van der Waals surface area contributed by atoms with Crippen molar-refractivity contribution < 1.29 is 9.90 Å². The summed E-state index contributed by atoms with van der Waals surface area (Å²) in [5.41, 5.74) is 0. The van der Waals surface area contributed by atoms with E-state index in [4.69, 9.17) is 5.11 Å². The number of halogens is 2. The van der Waals surface area contributed by atoms with Crippen LogP contribution in [0.1, 0.15) is 26.2 Å². The van der Waals surface area contributed by atoms with Gasteiger partial charge in [-0.3, -0.25) is 4.79 Å². The molecule has 0 saturated carbocycles. The Bertz CT molecular complexity index is 113. The first-order valence-corrected chi connectivity index (χ1v) is 3.10. The van der Waals surface area contributed by atoms with Crippen molar-refractivity contribution in [3.8, 4) is 0 Å². The van der Waals surface area contributed by atoms with Crippen LogP contribution in [0.2, 0.25) is 0 Å². The Labute approximate surface area is 79.5 Å². The van der Waals surface area contributed by atoms with Gasteiger partial charge >= 0.3 is 5.97 Å². The van der Waals surface area contributed by atoms with Crippen LogP contribution in [0.5, 0.6) is 0 Å². The molecule has 0 aromatic carbocycles.